The number of rotatable bonds is 2. The number of hydrogen-bond donors (Lipinski definition) is 1. The lowest BCUT2D eigenvalue weighted by molar-refractivity contribution is -0.150. The second-order valence-corrected chi connectivity index (χ2v) is 7.09. The van der Waals surface area contributed by atoms with Gasteiger partial charge in [-0.1, -0.05) is 41.7 Å². The van der Waals surface area contributed by atoms with Crippen molar-refractivity contribution in [1.29, 1.82) is 0 Å². The Bertz CT molecular complexity index is 577. The van der Waals surface area contributed by atoms with Crippen LogP contribution in [0.2, 0.25) is 0 Å². The minimum atomic E-state index is -0.537. The Kier molecular flexibility index (Phi) is 3.81. The van der Waals surface area contributed by atoms with Crippen molar-refractivity contribution in [2.45, 2.75) is 10.7 Å². The van der Waals surface area contributed by atoms with Crippen molar-refractivity contribution in [3.8, 4) is 0 Å². The smallest absolute Gasteiger partial charge is 0.257 e. The number of para-hydroxylation sites is 1. The third-order valence-electron chi connectivity index (χ3n) is 3.30. The van der Waals surface area contributed by atoms with Crippen molar-refractivity contribution >= 4 is 45.4 Å². The number of amides is 2. The molecule has 110 valence electrons. The van der Waals surface area contributed by atoms with Gasteiger partial charge in [0.25, 0.3) is 11.8 Å². The molecule has 2 amide bonds. The number of carbonyl (C=O) groups is 2. The topological polar surface area (TPSA) is 65.0 Å². The lowest BCUT2D eigenvalue weighted by atomic mass is 10.3. The van der Waals surface area contributed by atoms with E-state index in [1.807, 2.05) is 30.3 Å². The molecular weight excluding hydrogens is 308 g/mol. The molecule has 3 aliphatic heterocycles. The van der Waals surface area contributed by atoms with Gasteiger partial charge in [-0.3, -0.25) is 15.0 Å². The van der Waals surface area contributed by atoms with E-state index in [9.17, 15) is 9.59 Å². The number of anilines is 1. The van der Waals surface area contributed by atoms with Crippen LogP contribution in [0.25, 0.3) is 0 Å². The fraction of sp³-hybridized carbons (Fsp3) is 0.308. The lowest BCUT2D eigenvalue weighted by Crippen LogP contribution is -2.58. The summed E-state index contributed by atoms with van der Waals surface area (Å²) in [5.41, 5.74) is 3.82. The van der Waals surface area contributed by atoms with Gasteiger partial charge in [-0.25, -0.2) is 0 Å². The number of hydrazone groups is 1. The summed E-state index contributed by atoms with van der Waals surface area (Å²) in [4.78, 5) is 27.4. The van der Waals surface area contributed by atoms with Crippen LogP contribution in [0.15, 0.2) is 35.4 Å². The van der Waals surface area contributed by atoms with E-state index in [4.69, 9.17) is 0 Å². The molecule has 0 radical (unpaired) electrons. The largest absolute Gasteiger partial charge is 0.322 e. The first-order chi connectivity index (χ1) is 10.1. The van der Waals surface area contributed by atoms with Crippen molar-refractivity contribution in [3.05, 3.63) is 30.3 Å². The molecule has 0 aliphatic carbocycles. The lowest BCUT2D eigenvalue weighted by Gasteiger charge is -2.36. The Balaban J connectivity index is 1.83. The van der Waals surface area contributed by atoms with Crippen LogP contribution in [0, 0.1) is 0 Å². The first-order valence-electron chi connectivity index (χ1n) is 6.33. The molecule has 1 aromatic carbocycles. The third-order valence-corrected chi connectivity index (χ3v) is 5.94. The van der Waals surface area contributed by atoms with Crippen LogP contribution in [0.4, 0.5) is 5.69 Å². The molecule has 0 spiro atoms. The number of hydrogen-bond acceptors (Lipinski definition) is 6. The SMILES string of the molecule is CN1C(=O)[C@@H]2SC(=NNc3ccccc3)S[C@@H]1C(=O)N2C. The first kappa shape index (κ1) is 14.3. The summed E-state index contributed by atoms with van der Waals surface area (Å²) < 4.78 is 0.684. The molecule has 6 nitrogen and oxygen atoms in total. The monoisotopic (exact) mass is 322 g/mol. The molecule has 3 fully saturated rings. The van der Waals surface area contributed by atoms with E-state index in [0.29, 0.717) is 4.38 Å². The standard InChI is InChI=1S/C13H14N4O2S2/c1-16-9(18)12-17(2)10(19)11(16)20-13(21-12)15-14-8-6-4-3-5-7-8/h3-7,11-12,14H,1-2H3/t11-,12+. The number of thioether (sulfide) groups is 2. The van der Waals surface area contributed by atoms with Crippen molar-refractivity contribution in [2.75, 3.05) is 19.5 Å². The Morgan fingerprint density at radius 3 is 2.05 bits per heavy atom. The summed E-state index contributed by atoms with van der Waals surface area (Å²) in [6.45, 7) is 0. The molecule has 3 aliphatic rings. The average Bonchev–Trinajstić information content (AvgIpc) is 2.71. The summed E-state index contributed by atoms with van der Waals surface area (Å²) in [5.74, 6) is -0.131. The van der Waals surface area contributed by atoms with Crippen LogP contribution >= 0.6 is 23.5 Å². The Morgan fingerprint density at radius 2 is 1.52 bits per heavy atom. The van der Waals surface area contributed by atoms with Crippen LogP contribution in [0.1, 0.15) is 0 Å². The number of nitrogens with zero attached hydrogens (tertiary/aromatic N) is 3. The molecule has 3 heterocycles. The summed E-state index contributed by atoms with van der Waals surface area (Å²) in [5, 5.41) is 3.25. The van der Waals surface area contributed by atoms with E-state index in [1.54, 1.807) is 14.1 Å². The molecule has 1 N–H and O–H groups in total. The maximum absolute atomic E-state index is 12.2. The van der Waals surface area contributed by atoms with Crippen molar-refractivity contribution in [1.82, 2.24) is 9.80 Å². The molecule has 2 bridgehead atoms. The second kappa shape index (κ2) is 5.61. The fourth-order valence-corrected chi connectivity index (χ4v) is 4.47. The zero-order chi connectivity index (χ0) is 15.0. The fourth-order valence-electron chi connectivity index (χ4n) is 2.06. The predicted molar refractivity (Wildman–Crippen MR) is 85.8 cm³/mol. The van der Waals surface area contributed by atoms with Crippen LogP contribution < -0.4 is 5.43 Å². The van der Waals surface area contributed by atoms with E-state index in [0.717, 1.165) is 5.69 Å². The maximum Gasteiger partial charge on any atom is 0.257 e. The number of carbonyl (C=O) groups excluding carboxylic acids is 2. The summed E-state index contributed by atoms with van der Waals surface area (Å²) in [6.07, 6.45) is 0. The molecule has 0 unspecified atom stereocenters. The van der Waals surface area contributed by atoms with Crippen molar-refractivity contribution in [3.63, 3.8) is 0 Å². The third kappa shape index (κ3) is 2.60. The Hall–Kier alpha value is -1.67. The van der Waals surface area contributed by atoms with Gasteiger partial charge in [0.15, 0.2) is 15.1 Å². The van der Waals surface area contributed by atoms with Crippen molar-refractivity contribution < 1.29 is 9.59 Å². The predicted octanol–water partition coefficient (Wildman–Crippen LogP) is 1.43. The minimum absolute atomic E-state index is 0.0653. The zero-order valence-corrected chi connectivity index (χ0v) is 13.1. The van der Waals surface area contributed by atoms with Gasteiger partial charge in [0.2, 0.25) is 0 Å². The van der Waals surface area contributed by atoms with Crippen LogP contribution in [-0.4, -0.2) is 50.8 Å². The van der Waals surface area contributed by atoms with E-state index < -0.39 is 10.7 Å². The van der Waals surface area contributed by atoms with E-state index >= 15 is 0 Å². The van der Waals surface area contributed by atoms with E-state index in [-0.39, 0.29) is 11.8 Å². The summed E-state index contributed by atoms with van der Waals surface area (Å²) in [7, 11) is 3.32. The summed E-state index contributed by atoms with van der Waals surface area (Å²) in [6, 6.07) is 9.55. The van der Waals surface area contributed by atoms with Gasteiger partial charge in [0.05, 0.1) is 5.69 Å². The molecule has 3 saturated heterocycles. The van der Waals surface area contributed by atoms with Gasteiger partial charge < -0.3 is 9.80 Å². The normalized spacial score (nSPS) is 27.2. The number of nitrogens with one attached hydrogen (secondary N) is 1. The van der Waals surface area contributed by atoms with Crippen LogP contribution in [0.5, 0.6) is 0 Å². The van der Waals surface area contributed by atoms with Crippen LogP contribution in [0.3, 0.4) is 0 Å². The molecule has 1 aromatic rings. The Morgan fingerprint density at radius 1 is 1.00 bits per heavy atom. The molecule has 8 heteroatoms. The van der Waals surface area contributed by atoms with Gasteiger partial charge in [-0.15, -0.1) is 0 Å². The first-order valence-corrected chi connectivity index (χ1v) is 8.09. The molecule has 0 saturated carbocycles. The van der Waals surface area contributed by atoms with Gasteiger partial charge >= 0.3 is 0 Å². The number of benzene rings is 1. The molecule has 2 atom stereocenters. The quantitative estimate of drug-likeness (QED) is 0.835. The van der Waals surface area contributed by atoms with Crippen molar-refractivity contribution in [2.24, 2.45) is 5.10 Å². The Labute approximate surface area is 130 Å². The van der Waals surface area contributed by atoms with Gasteiger partial charge in [-0.05, 0) is 12.1 Å². The number of likely N-dealkylation sites (N-methyl/N-ethyl adjacent to an activating group) is 2. The zero-order valence-electron chi connectivity index (χ0n) is 11.5. The van der Waals surface area contributed by atoms with Gasteiger partial charge in [-0.2, -0.15) is 5.10 Å². The number of piperazine rings is 1. The highest BCUT2D eigenvalue weighted by Crippen LogP contribution is 2.39. The van der Waals surface area contributed by atoms with Gasteiger partial charge in [0.1, 0.15) is 0 Å². The highest BCUT2D eigenvalue weighted by atomic mass is 32.2. The highest BCUT2D eigenvalue weighted by Gasteiger charge is 2.48. The molecule has 21 heavy (non-hydrogen) atoms. The van der Waals surface area contributed by atoms with E-state index in [2.05, 4.69) is 10.5 Å². The van der Waals surface area contributed by atoms with Gasteiger partial charge in [0, 0.05) is 14.1 Å². The second-order valence-electron chi connectivity index (χ2n) is 4.69. The van der Waals surface area contributed by atoms with E-state index in [1.165, 1.54) is 33.3 Å². The average molecular weight is 322 g/mol. The van der Waals surface area contributed by atoms with Crippen LogP contribution in [-0.2, 0) is 9.59 Å². The maximum atomic E-state index is 12.2. The summed E-state index contributed by atoms with van der Waals surface area (Å²) >= 11 is 2.60. The number of fused-ring (bicyclic) bond motifs is 4. The molecule has 4 rings (SSSR count). The highest BCUT2D eigenvalue weighted by molar-refractivity contribution is 8.40. The molecule has 0 aromatic heterocycles. The molecular formula is C13H14N4O2S2. The minimum Gasteiger partial charge on any atom is -0.322 e.